The van der Waals surface area contributed by atoms with Crippen molar-refractivity contribution in [2.24, 2.45) is 0 Å². The minimum Gasteiger partial charge on any atom is -0.310 e. The van der Waals surface area contributed by atoms with Crippen LogP contribution in [0.5, 0.6) is 0 Å². The summed E-state index contributed by atoms with van der Waals surface area (Å²) in [7, 11) is -2.29. The van der Waals surface area contributed by atoms with Crippen molar-refractivity contribution in [2.75, 3.05) is 9.80 Å². The van der Waals surface area contributed by atoms with Gasteiger partial charge in [0, 0.05) is 44.7 Å². The first kappa shape index (κ1) is 41.9. The summed E-state index contributed by atoms with van der Waals surface area (Å²) in [6.45, 7) is 14.6. The van der Waals surface area contributed by atoms with Gasteiger partial charge >= 0.3 is 0 Å². The van der Waals surface area contributed by atoms with Crippen LogP contribution in [0.4, 0.5) is 34.1 Å². The van der Waals surface area contributed by atoms with E-state index in [0.717, 1.165) is 11.4 Å². The topological polar surface area (TPSA) is 6.48 Å². The maximum atomic E-state index is 2.57. The normalized spacial score (nSPS) is 15.0. The van der Waals surface area contributed by atoms with Crippen LogP contribution in [0.15, 0.2) is 218 Å². The second kappa shape index (κ2) is 15.0. The highest BCUT2D eigenvalue weighted by molar-refractivity contribution is 7.03. The standard InChI is InChI=1S/C68H54N2Si/c1-67(2)59-29-17-15-25-49(59)51-35-32-45(38-61(51)67)69(43-20-9-7-10-21-43)47-34-37-54-58-41-56-48-24-13-14-27-53(48)63(42-57(56)55-28-19-31-64(66(55)58)71(5,6)65(54)40-47)70(44-22-11-8-12-23-44)46-33-36-52-50-26-16-18-30-60(50)68(3,4)62(52)39-46/h7-42H,1-6H3. The van der Waals surface area contributed by atoms with Gasteiger partial charge in [-0.2, -0.15) is 0 Å². The van der Waals surface area contributed by atoms with Crippen LogP contribution in [0.3, 0.4) is 0 Å². The first-order valence-corrected chi connectivity index (χ1v) is 28.3. The summed E-state index contributed by atoms with van der Waals surface area (Å²) in [4.78, 5) is 4.99. The lowest BCUT2D eigenvalue weighted by Crippen LogP contribution is -2.56. The summed E-state index contributed by atoms with van der Waals surface area (Å²) in [5, 5.41) is 10.8. The number of nitrogens with zero attached hydrogens (tertiary/aromatic N) is 2. The van der Waals surface area contributed by atoms with Gasteiger partial charge in [0.25, 0.3) is 0 Å². The van der Waals surface area contributed by atoms with Crippen LogP contribution in [-0.4, -0.2) is 8.07 Å². The summed E-state index contributed by atoms with van der Waals surface area (Å²) < 4.78 is 0. The van der Waals surface area contributed by atoms with Crippen LogP contribution in [0, 0.1) is 0 Å². The maximum Gasteiger partial charge on any atom is 0.113 e. The largest absolute Gasteiger partial charge is 0.310 e. The van der Waals surface area contributed by atoms with Crippen molar-refractivity contribution >= 4 is 84.9 Å². The molecule has 0 unspecified atom stereocenters. The lowest BCUT2D eigenvalue weighted by atomic mass is 9.82. The highest BCUT2D eigenvalue weighted by Gasteiger charge is 2.39. The Kier molecular flexibility index (Phi) is 8.87. The Balaban J connectivity index is 0.962. The van der Waals surface area contributed by atoms with Crippen molar-refractivity contribution in [1.29, 1.82) is 0 Å². The second-order valence-electron chi connectivity index (χ2n) is 21.7. The van der Waals surface area contributed by atoms with Crippen molar-refractivity contribution in [1.82, 2.24) is 0 Å². The molecule has 0 radical (unpaired) electrons. The molecule has 3 heteroatoms. The van der Waals surface area contributed by atoms with Gasteiger partial charge in [-0.15, -0.1) is 0 Å². The van der Waals surface area contributed by atoms with E-state index in [2.05, 4.69) is 269 Å². The van der Waals surface area contributed by atoms with Gasteiger partial charge < -0.3 is 9.80 Å². The zero-order chi connectivity index (χ0) is 48.0. The van der Waals surface area contributed by atoms with Crippen LogP contribution in [0.1, 0.15) is 49.9 Å². The minimum atomic E-state index is -2.29. The van der Waals surface area contributed by atoms with Crippen LogP contribution in [-0.2, 0) is 10.8 Å². The molecular weight excluding hydrogens is 873 g/mol. The van der Waals surface area contributed by atoms with Crippen LogP contribution < -0.4 is 20.2 Å². The predicted molar refractivity (Wildman–Crippen MR) is 306 cm³/mol. The van der Waals surface area contributed by atoms with Crippen molar-refractivity contribution in [3.8, 4) is 33.4 Å². The van der Waals surface area contributed by atoms with E-state index in [4.69, 9.17) is 0 Å². The molecule has 3 aliphatic rings. The predicted octanol–water partition coefficient (Wildman–Crippen LogP) is 17.5. The Labute approximate surface area is 418 Å². The number of rotatable bonds is 6. The summed E-state index contributed by atoms with van der Waals surface area (Å²) in [5.41, 5.74) is 20.4. The lowest BCUT2D eigenvalue weighted by molar-refractivity contribution is 0.660. The molecule has 0 spiro atoms. The zero-order valence-electron chi connectivity index (χ0n) is 41.2. The Morgan fingerprint density at radius 1 is 0.296 bits per heavy atom. The maximum absolute atomic E-state index is 2.57. The van der Waals surface area contributed by atoms with Gasteiger partial charge in [0.2, 0.25) is 0 Å². The molecule has 2 aliphatic carbocycles. The number of benzene rings is 11. The monoisotopic (exact) mass is 926 g/mol. The molecular formula is C68H54N2Si. The van der Waals surface area contributed by atoms with Gasteiger partial charge in [-0.3, -0.25) is 0 Å². The molecule has 1 heterocycles. The van der Waals surface area contributed by atoms with Crippen LogP contribution in [0.2, 0.25) is 13.1 Å². The number of para-hydroxylation sites is 2. The highest BCUT2D eigenvalue weighted by Crippen LogP contribution is 2.54. The van der Waals surface area contributed by atoms with Gasteiger partial charge in [-0.05, 0) is 166 Å². The van der Waals surface area contributed by atoms with E-state index in [1.165, 1.54) is 121 Å². The third kappa shape index (κ3) is 5.93. The molecule has 14 rings (SSSR count). The quantitative estimate of drug-likeness (QED) is 0.121. The van der Waals surface area contributed by atoms with Crippen LogP contribution in [0.25, 0.3) is 65.7 Å². The Morgan fingerprint density at radius 2 is 0.761 bits per heavy atom. The Bertz CT molecular complexity index is 4030. The molecule has 0 aromatic heterocycles. The van der Waals surface area contributed by atoms with E-state index < -0.39 is 8.07 Å². The van der Waals surface area contributed by atoms with Crippen molar-refractivity contribution in [3.63, 3.8) is 0 Å². The van der Waals surface area contributed by atoms with Gasteiger partial charge in [0.05, 0.1) is 5.69 Å². The first-order valence-electron chi connectivity index (χ1n) is 25.3. The zero-order valence-corrected chi connectivity index (χ0v) is 42.2. The third-order valence-electron chi connectivity index (χ3n) is 16.8. The van der Waals surface area contributed by atoms with E-state index in [9.17, 15) is 0 Å². The number of hydrogen-bond donors (Lipinski definition) is 0. The van der Waals surface area contributed by atoms with Gasteiger partial charge in [-0.25, -0.2) is 0 Å². The number of anilines is 6. The van der Waals surface area contributed by atoms with E-state index in [0.29, 0.717) is 0 Å². The summed E-state index contributed by atoms with van der Waals surface area (Å²) >= 11 is 0. The SMILES string of the molecule is CC1(C)c2ccccc2-c2ccc(N(c3ccccc3)c3ccc4c(c3)[Si](C)(C)c3cccc5c3c-4cc3c4ccccc4c(N(c4ccccc4)c4ccc6c(c4)C(C)(C)c4ccccc4-6)cc53)cc21. The van der Waals surface area contributed by atoms with Crippen molar-refractivity contribution in [2.45, 2.75) is 51.6 Å². The molecule has 0 N–H and O–H groups in total. The molecule has 0 amide bonds. The van der Waals surface area contributed by atoms with E-state index in [1.807, 2.05) is 0 Å². The Hall–Kier alpha value is -7.98. The molecule has 0 fully saturated rings. The van der Waals surface area contributed by atoms with Gasteiger partial charge in [0.1, 0.15) is 8.07 Å². The van der Waals surface area contributed by atoms with E-state index in [1.54, 1.807) is 0 Å². The third-order valence-corrected chi connectivity index (χ3v) is 20.3. The van der Waals surface area contributed by atoms with Crippen molar-refractivity contribution in [3.05, 3.63) is 241 Å². The van der Waals surface area contributed by atoms with Crippen LogP contribution >= 0.6 is 0 Å². The van der Waals surface area contributed by atoms with Gasteiger partial charge in [-0.1, -0.05) is 186 Å². The fraction of sp³-hybridized carbons (Fsp3) is 0.118. The Morgan fingerprint density at radius 3 is 1.38 bits per heavy atom. The molecule has 11 aromatic rings. The molecule has 2 nitrogen and oxygen atoms in total. The minimum absolute atomic E-state index is 0.100. The molecule has 0 saturated carbocycles. The number of fused-ring (bicyclic) bond motifs is 12. The molecule has 0 atom stereocenters. The van der Waals surface area contributed by atoms with Gasteiger partial charge in [0.15, 0.2) is 0 Å². The molecule has 71 heavy (non-hydrogen) atoms. The smallest absolute Gasteiger partial charge is 0.113 e. The molecule has 340 valence electrons. The summed E-state index contributed by atoms with van der Waals surface area (Å²) in [5.74, 6) is 0. The molecule has 0 saturated heterocycles. The number of hydrogen-bond acceptors (Lipinski definition) is 2. The average molecular weight is 927 g/mol. The fourth-order valence-electron chi connectivity index (χ4n) is 13.2. The van der Waals surface area contributed by atoms with E-state index >= 15 is 0 Å². The lowest BCUT2D eigenvalue weighted by Gasteiger charge is -2.36. The highest BCUT2D eigenvalue weighted by atomic mass is 28.3. The van der Waals surface area contributed by atoms with Crippen molar-refractivity contribution < 1.29 is 0 Å². The first-order chi connectivity index (χ1) is 34.5. The summed E-state index contributed by atoms with van der Waals surface area (Å²) in [6, 6.07) is 82.7. The molecule has 1 aliphatic heterocycles. The summed E-state index contributed by atoms with van der Waals surface area (Å²) in [6.07, 6.45) is 0. The average Bonchev–Trinajstić information content (AvgIpc) is 3.77. The molecule has 11 aromatic carbocycles. The molecule has 0 bridgehead atoms. The fourth-order valence-corrected chi connectivity index (χ4v) is 16.3. The second-order valence-corrected chi connectivity index (χ2v) is 26.0. The van der Waals surface area contributed by atoms with E-state index in [-0.39, 0.29) is 10.8 Å².